The van der Waals surface area contributed by atoms with Crippen LogP contribution in [0, 0.1) is 6.92 Å². The molecule has 30 heavy (non-hydrogen) atoms. The van der Waals surface area contributed by atoms with Gasteiger partial charge in [0.05, 0.1) is 28.5 Å². The Morgan fingerprint density at radius 2 is 1.73 bits per heavy atom. The monoisotopic (exact) mass is 451 g/mol. The van der Waals surface area contributed by atoms with Crippen LogP contribution in [0.2, 0.25) is 0 Å². The quantitative estimate of drug-likeness (QED) is 0.433. The second-order valence-electron chi connectivity index (χ2n) is 6.91. The van der Waals surface area contributed by atoms with Crippen molar-refractivity contribution in [3.63, 3.8) is 0 Å². The first kappa shape index (κ1) is 20.5. The average molecular weight is 451 g/mol. The molecule has 0 N–H and O–H groups in total. The molecule has 4 rings (SSSR count). The predicted molar refractivity (Wildman–Crippen MR) is 109 cm³/mol. The number of rotatable bonds is 5. The lowest BCUT2D eigenvalue weighted by Crippen LogP contribution is -2.08. The summed E-state index contributed by atoms with van der Waals surface area (Å²) in [5.74, 6) is -0.488. The summed E-state index contributed by atoms with van der Waals surface area (Å²) in [5, 5.41) is 2.08. The number of thiazole rings is 1. The Kier molecular flexibility index (Phi) is 5.15. The highest BCUT2D eigenvalue weighted by molar-refractivity contribution is 7.89. The van der Waals surface area contributed by atoms with E-state index in [1.165, 1.54) is 23.5 Å². The third-order valence-corrected chi connectivity index (χ3v) is 6.89. The third-order valence-electron chi connectivity index (χ3n) is 4.47. The number of aryl methyl sites for hydroxylation is 1. The first-order chi connectivity index (χ1) is 14.1. The smallest absolute Gasteiger partial charge is 0.307 e. The Bertz CT molecular complexity index is 1310. The first-order valence-corrected chi connectivity index (χ1v) is 11.6. The summed E-state index contributed by atoms with van der Waals surface area (Å²) in [7, 11) is -3.52. The molecule has 3 aromatic heterocycles. The highest BCUT2D eigenvalue weighted by atomic mass is 32.2. The molecule has 0 radical (unpaired) electrons. The lowest BCUT2D eigenvalue weighted by Gasteiger charge is -2.06. The largest absolute Gasteiger partial charge is 0.416 e. The Balaban J connectivity index is 1.50. The number of benzene rings is 1. The molecule has 0 fully saturated rings. The van der Waals surface area contributed by atoms with E-state index in [-0.39, 0.29) is 11.5 Å². The zero-order valence-electron chi connectivity index (χ0n) is 15.7. The summed E-state index contributed by atoms with van der Waals surface area (Å²) in [6, 6.07) is 8.40. The van der Waals surface area contributed by atoms with Crippen molar-refractivity contribution in [2.24, 2.45) is 0 Å². The van der Waals surface area contributed by atoms with E-state index in [0.29, 0.717) is 27.6 Å². The van der Waals surface area contributed by atoms with Crippen LogP contribution in [-0.4, -0.2) is 22.8 Å². The lowest BCUT2D eigenvalue weighted by atomic mass is 10.1. The average Bonchev–Trinajstić information content (AvgIpc) is 3.27. The number of nitrogens with zero attached hydrogens (tertiary/aromatic N) is 3. The van der Waals surface area contributed by atoms with E-state index < -0.39 is 21.6 Å². The van der Waals surface area contributed by atoms with Gasteiger partial charge in [-0.2, -0.15) is 13.2 Å². The molecule has 0 saturated heterocycles. The molecule has 0 saturated carbocycles. The number of alkyl halides is 3. The van der Waals surface area contributed by atoms with Gasteiger partial charge in [0, 0.05) is 23.3 Å². The number of aromatic nitrogens is 3. The number of imidazole rings is 1. The Hall–Kier alpha value is -2.72. The molecular formula is C20H16F3N3O2S2. The van der Waals surface area contributed by atoms with Crippen LogP contribution in [0.4, 0.5) is 13.2 Å². The van der Waals surface area contributed by atoms with Crippen LogP contribution in [0.15, 0.2) is 54.2 Å². The van der Waals surface area contributed by atoms with Gasteiger partial charge >= 0.3 is 6.18 Å². The number of pyridine rings is 1. The van der Waals surface area contributed by atoms with Crippen LogP contribution in [0.25, 0.3) is 16.2 Å². The van der Waals surface area contributed by atoms with E-state index in [4.69, 9.17) is 0 Å². The van der Waals surface area contributed by atoms with Crippen molar-refractivity contribution in [1.29, 1.82) is 0 Å². The van der Waals surface area contributed by atoms with Crippen molar-refractivity contribution in [2.45, 2.75) is 24.6 Å². The van der Waals surface area contributed by atoms with Crippen molar-refractivity contribution in [3.8, 4) is 10.6 Å². The summed E-state index contributed by atoms with van der Waals surface area (Å²) in [6.45, 7) is 1.90. The van der Waals surface area contributed by atoms with Gasteiger partial charge < -0.3 is 4.40 Å². The van der Waals surface area contributed by atoms with Crippen molar-refractivity contribution in [1.82, 2.24) is 14.4 Å². The Labute approximate surface area is 174 Å². The molecule has 0 spiro atoms. The van der Waals surface area contributed by atoms with Crippen LogP contribution in [0.5, 0.6) is 0 Å². The van der Waals surface area contributed by atoms with E-state index >= 15 is 0 Å². The Morgan fingerprint density at radius 1 is 1.03 bits per heavy atom. The molecule has 0 unspecified atom stereocenters. The summed E-state index contributed by atoms with van der Waals surface area (Å²) in [4.78, 5) is 8.68. The van der Waals surface area contributed by atoms with Gasteiger partial charge in [0.1, 0.15) is 10.7 Å². The maximum absolute atomic E-state index is 12.7. The molecule has 10 heteroatoms. The molecule has 0 aliphatic rings. The molecule has 4 aromatic rings. The van der Waals surface area contributed by atoms with E-state index in [9.17, 15) is 21.6 Å². The summed E-state index contributed by atoms with van der Waals surface area (Å²) >= 11 is 1.19. The standard InChI is InChI=1S/C20H16F3N3O2S2/c1-13-3-2-8-26-9-16(24-18(13)26)11-30(27,28)12-17-10-29-19(25-17)14-4-6-15(7-5-14)20(21,22)23/h2-10H,11-12H2,1H3. The second-order valence-corrected chi connectivity index (χ2v) is 9.83. The molecule has 156 valence electrons. The molecule has 0 amide bonds. The molecule has 0 atom stereocenters. The maximum atomic E-state index is 12.7. The normalized spacial score (nSPS) is 12.5. The Morgan fingerprint density at radius 3 is 2.40 bits per heavy atom. The van der Waals surface area contributed by atoms with Gasteiger partial charge in [-0.3, -0.25) is 0 Å². The van der Waals surface area contributed by atoms with Crippen LogP contribution >= 0.6 is 11.3 Å². The number of hydrogen-bond donors (Lipinski definition) is 0. The minimum Gasteiger partial charge on any atom is -0.307 e. The van der Waals surface area contributed by atoms with Gasteiger partial charge in [0.15, 0.2) is 9.84 Å². The van der Waals surface area contributed by atoms with Crippen LogP contribution in [0.1, 0.15) is 22.5 Å². The van der Waals surface area contributed by atoms with Crippen LogP contribution in [0.3, 0.4) is 0 Å². The maximum Gasteiger partial charge on any atom is 0.416 e. The molecule has 5 nitrogen and oxygen atoms in total. The summed E-state index contributed by atoms with van der Waals surface area (Å²) < 4.78 is 65.1. The molecule has 0 bridgehead atoms. The predicted octanol–water partition coefficient (Wildman–Crippen LogP) is 4.90. The zero-order chi connectivity index (χ0) is 21.5. The van der Waals surface area contributed by atoms with Crippen LogP contribution < -0.4 is 0 Å². The lowest BCUT2D eigenvalue weighted by molar-refractivity contribution is -0.137. The minimum absolute atomic E-state index is 0.221. The third kappa shape index (κ3) is 4.39. The van der Waals surface area contributed by atoms with Crippen LogP contribution in [-0.2, 0) is 27.5 Å². The highest BCUT2D eigenvalue weighted by Gasteiger charge is 2.30. The van der Waals surface area contributed by atoms with Crippen molar-refractivity contribution < 1.29 is 21.6 Å². The molecule has 3 heterocycles. The van der Waals surface area contributed by atoms with Gasteiger partial charge in [-0.05, 0) is 30.7 Å². The van der Waals surface area contributed by atoms with Crippen molar-refractivity contribution >= 4 is 26.8 Å². The van der Waals surface area contributed by atoms with Gasteiger partial charge in [-0.15, -0.1) is 11.3 Å². The second kappa shape index (κ2) is 7.51. The molecule has 1 aromatic carbocycles. The van der Waals surface area contributed by atoms with Crippen molar-refractivity contribution in [2.75, 3.05) is 0 Å². The van der Waals surface area contributed by atoms with E-state index in [2.05, 4.69) is 9.97 Å². The number of sulfone groups is 1. The van der Waals surface area contributed by atoms with Gasteiger partial charge in [-0.25, -0.2) is 18.4 Å². The van der Waals surface area contributed by atoms with Gasteiger partial charge in [-0.1, -0.05) is 18.2 Å². The number of hydrogen-bond acceptors (Lipinski definition) is 5. The number of fused-ring (bicyclic) bond motifs is 1. The van der Waals surface area contributed by atoms with Gasteiger partial charge in [0.25, 0.3) is 0 Å². The molecule has 0 aliphatic heterocycles. The fourth-order valence-corrected chi connectivity index (χ4v) is 5.30. The molecular weight excluding hydrogens is 435 g/mol. The topological polar surface area (TPSA) is 64.3 Å². The first-order valence-electron chi connectivity index (χ1n) is 8.86. The van der Waals surface area contributed by atoms with E-state index in [1.54, 1.807) is 16.0 Å². The van der Waals surface area contributed by atoms with E-state index in [1.807, 2.05) is 25.3 Å². The molecule has 0 aliphatic carbocycles. The highest BCUT2D eigenvalue weighted by Crippen LogP contribution is 2.32. The van der Waals surface area contributed by atoms with Crippen molar-refractivity contribution in [3.05, 3.63) is 76.7 Å². The SMILES string of the molecule is Cc1cccn2cc(CS(=O)(=O)Cc3csc(-c4ccc(C(F)(F)F)cc4)n3)nc12. The fraction of sp³-hybridized carbons (Fsp3) is 0.200. The minimum atomic E-state index is -4.41. The summed E-state index contributed by atoms with van der Waals surface area (Å²) in [6.07, 6.45) is -0.909. The zero-order valence-corrected chi connectivity index (χ0v) is 17.4. The van der Waals surface area contributed by atoms with Gasteiger partial charge in [0.2, 0.25) is 0 Å². The van der Waals surface area contributed by atoms with E-state index in [0.717, 1.165) is 17.7 Å². The summed E-state index contributed by atoms with van der Waals surface area (Å²) in [5.41, 5.74) is 2.22. The fourth-order valence-electron chi connectivity index (χ4n) is 3.08. The number of halogens is 3.